The first-order valence-electron chi connectivity index (χ1n) is 6.07. The van der Waals surface area contributed by atoms with Crippen molar-refractivity contribution in [3.05, 3.63) is 65.0 Å². The normalized spacial score (nSPS) is 13.5. The largest absolute Gasteiger partial charge is 0.332 e. The molecule has 3 rings (SSSR count). The molecule has 0 amide bonds. The maximum absolute atomic E-state index is 13.9. The van der Waals surface area contributed by atoms with Gasteiger partial charge in [-0.2, -0.15) is 0 Å². The van der Waals surface area contributed by atoms with Crippen molar-refractivity contribution in [2.75, 3.05) is 11.4 Å². The summed E-state index contributed by atoms with van der Waals surface area (Å²) >= 11 is 0. The van der Waals surface area contributed by atoms with Crippen molar-refractivity contribution in [3.63, 3.8) is 0 Å². The fourth-order valence-corrected chi connectivity index (χ4v) is 2.30. The number of halogens is 5. The van der Waals surface area contributed by atoms with Crippen LogP contribution in [0, 0.1) is 29.1 Å². The van der Waals surface area contributed by atoms with Crippen LogP contribution in [0.15, 0.2) is 30.3 Å². The number of anilines is 2. The van der Waals surface area contributed by atoms with Crippen molar-refractivity contribution in [2.45, 2.75) is 0 Å². The monoisotopic (exact) mass is 297 g/mol. The summed E-state index contributed by atoms with van der Waals surface area (Å²) < 4.78 is 67.5. The lowest BCUT2D eigenvalue weighted by molar-refractivity contribution is 0.380. The van der Waals surface area contributed by atoms with Crippen LogP contribution in [0.1, 0.15) is 5.56 Å². The Morgan fingerprint density at radius 2 is 1.33 bits per heavy atom. The van der Waals surface area contributed by atoms with Gasteiger partial charge in [-0.05, 0) is 11.6 Å². The fourth-order valence-electron chi connectivity index (χ4n) is 2.30. The third-order valence-electron chi connectivity index (χ3n) is 3.27. The first-order valence-corrected chi connectivity index (χ1v) is 6.07. The average molecular weight is 297 g/mol. The van der Waals surface area contributed by atoms with Crippen LogP contribution in [0.3, 0.4) is 0 Å². The number of fused-ring (bicyclic) bond motifs is 1. The Kier molecular flexibility index (Phi) is 3.16. The third kappa shape index (κ3) is 1.98. The van der Waals surface area contributed by atoms with E-state index in [2.05, 4.69) is 0 Å². The fraction of sp³-hybridized carbons (Fsp3) is 0.0667. The summed E-state index contributed by atoms with van der Waals surface area (Å²) in [6, 6.07) is 6.57. The molecule has 0 bridgehead atoms. The number of rotatable bonds is 1. The van der Waals surface area contributed by atoms with E-state index in [1.165, 1.54) is 0 Å². The van der Waals surface area contributed by atoms with Crippen molar-refractivity contribution < 1.29 is 22.0 Å². The number of hydrogen-bond donors (Lipinski definition) is 0. The minimum Gasteiger partial charge on any atom is -0.332 e. The molecule has 0 aromatic heterocycles. The highest BCUT2D eigenvalue weighted by Gasteiger charge is 2.30. The lowest BCUT2D eigenvalue weighted by atomic mass is 10.1. The summed E-state index contributed by atoms with van der Waals surface area (Å²) in [6.07, 6.45) is 3.30. The predicted octanol–water partition coefficient (Wildman–Crippen LogP) is 4.55. The lowest BCUT2D eigenvalue weighted by Gasteiger charge is -2.29. The van der Waals surface area contributed by atoms with Gasteiger partial charge in [0.05, 0.1) is 0 Å². The van der Waals surface area contributed by atoms with Gasteiger partial charge in [0.25, 0.3) is 0 Å². The summed E-state index contributed by atoms with van der Waals surface area (Å²) in [5, 5.41) is 0. The highest BCUT2D eigenvalue weighted by atomic mass is 19.2. The van der Waals surface area contributed by atoms with Gasteiger partial charge >= 0.3 is 0 Å². The predicted molar refractivity (Wildman–Crippen MR) is 68.7 cm³/mol. The molecule has 1 aliphatic rings. The molecule has 0 atom stereocenters. The minimum absolute atomic E-state index is 0.00929. The quantitative estimate of drug-likeness (QED) is 0.424. The molecule has 0 saturated heterocycles. The molecule has 1 nitrogen and oxygen atoms in total. The van der Waals surface area contributed by atoms with E-state index in [1.807, 2.05) is 0 Å². The Morgan fingerprint density at radius 1 is 0.762 bits per heavy atom. The smallest absolute Gasteiger partial charge is 0.200 e. The molecule has 0 fully saturated rings. The van der Waals surface area contributed by atoms with Gasteiger partial charge < -0.3 is 4.90 Å². The molecule has 0 spiro atoms. The second-order valence-corrected chi connectivity index (χ2v) is 4.49. The molecule has 0 radical (unpaired) electrons. The molecule has 108 valence electrons. The van der Waals surface area contributed by atoms with E-state index in [-0.39, 0.29) is 6.54 Å². The van der Waals surface area contributed by atoms with Crippen LogP contribution in [-0.4, -0.2) is 6.54 Å². The van der Waals surface area contributed by atoms with E-state index < -0.39 is 34.8 Å². The maximum Gasteiger partial charge on any atom is 0.200 e. The molecule has 2 aromatic carbocycles. The zero-order valence-electron chi connectivity index (χ0n) is 10.5. The summed E-state index contributed by atoms with van der Waals surface area (Å²) in [5.41, 5.74) is 0.0686. The van der Waals surface area contributed by atoms with Crippen LogP contribution in [0.2, 0.25) is 0 Å². The number of hydrogen-bond acceptors (Lipinski definition) is 1. The summed E-state index contributed by atoms with van der Waals surface area (Å²) in [4.78, 5) is 1.06. The van der Waals surface area contributed by atoms with E-state index in [1.54, 1.807) is 36.4 Å². The average Bonchev–Trinajstić information content (AvgIpc) is 2.51. The Labute approximate surface area is 116 Å². The molecule has 2 aromatic rings. The van der Waals surface area contributed by atoms with Gasteiger partial charge in [0.2, 0.25) is 5.82 Å². The second kappa shape index (κ2) is 4.87. The lowest BCUT2D eigenvalue weighted by Crippen LogP contribution is -2.24. The van der Waals surface area contributed by atoms with Crippen molar-refractivity contribution in [3.8, 4) is 0 Å². The van der Waals surface area contributed by atoms with E-state index in [4.69, 9.17) is 0 Å². The first kappa shape index (κ1) is 13.6. The molecule has 6 heteroatoms. The Balaban J connectivity index is 2.25. The van der Waals surface area contributed by atoms with Crippen LogP contribution in [0.5, 0.6) is 0 Å². The third-order valence-corrected chi connectivity index (χ3v) is 3.27. The number of benzene rings is 2. The van der Waals surface area contributed by atoms with Crippen LogP contribution >= 0.6 is 0 Å². The van der Waals surface area contributed by atoms with Gasteiger partial charge in [-0.15, -0.1) is 0 Å². The van der Waals surface area contributed by atoms with Gasteiger partial charge in [-0.3, -0.25) is 0 Å². The molecular weight excluding hydrogens is 289 g/mol. The maximum atomic E-state index is 13.9. The standard InChI is InChI=1S/C15H8F5N/c16-10-11(17)13(19)15(14(20)12(10)18)21-7-3-5-8-4-1-2-6-9(8)21/h1-6H,7H2. The molecular formula is C15H8F5N. The summed E-state index contributed by atoms with van der Waals surface area (Å²) in [6.45, 7) is 0.00929. The van der Waals surface area contributed by atoms with E-state index in [0.717, 1.165) is 4.90 Å². The SMILES string of the molecule is Fc1c(F)c(F)c(N2CC=Cc3ccccc32)c(F)c1F. The van der Waals surface area contributed by atoms with Gasteiger partial charge in [0.15, 0.2) is 23.3 Å². The number of para-hydroxylation sites is 1. The molecule has 21 heavy (non-hydrogen) atoms. The van der Waals surface area contributed by atoms with Gasteiger partial charge in [0.1, 0.15) is 5.69 Å². The van der Waals surface area contributed by atoms with Crippen molar-refractivity contribution in [1.82, 2.24) is 0 Å². The van der Waals surface area contributed by atoms with Crippen molar-refractivity contribution in [2.24, 2.45) is 0 Å². The molecule has 0 aliphatic carbocycles. The molecule has 0 N–H and O–H groups in total. The van der Waals surface area contributed by atoms with Crippen LogP contribution in [0.25, 0.3) is 6.08 Å². The van der Waals surface area contributed by atoms with Gasteiger partial charge in [-0.25, -0.2) is 22.0 Å². The van der Waals surface area contributed by atoms with Gasteiger partial charge in [-0.1, -0.05) is 30.4 Å². The first-order chi connectivity index (χ1) is 10.0. The molecule has 1 heterocycles. The zero-order chi connectivity index (χ0) is 15.1. The highest BCUT2D eigenvalue weighted by Crippen LogP contribution is 2.37. The minimum atomic E-state index is -2.16. The zero-order valence-corrected chi connectivity index (χ0v) is 10.5. The van der Waals surface area contributed by atoms with E-state index in [9.17, 15) is 22.0 Å². The molecule has 0 unspecified atom stereocenters. The molecule has 1 aliphatic heterocycles. The Bertz CT molecular complexity index is 725. The van der Waals surface area contributed by atoms with Crippen LogP contribution in [-0.2, 0) is 0 Å². The summed E-state index contributed by atoms with van der Waals surface area (Å²) in [5.74, 6) is -9.73. The van der Waals surface area contributed by atoms with E-state index >= 15 is 0 Å². The molecule has 0 saturated carbocycles. The van der Waals surface area contributed by atoms with Crippen molar-refractivity contribution in [1.29, 1.82) is 0 Å². The van der Waals surface area contributed by atoms with Gasteiger partial charge in [0, 0.05) is 12.2 Å². The van der Waals surface area contributed by atoms with E-state index in [0.29, 0.717) is 11.3 Å². The Morgan fingerprint density at radius 3 is 2.00 bits per heavy atom. The second-order valence-electron chi connectivity index (χ2n) is 4.49. The van der Waals surface area contributed by atoms with Crippen molar-refractivity contribution >= 4 is 17.5 Å². The number of nitrogens with zero attached hydrogens (tertiary/aromatic N) is 1. The van der Waals surface area contributed by atoms with Crippen LogP contribution < -0.4 is 4.90 Å². The Hall–Kier alpha value is -2.37. The summed E-state index contributed by atoms with van der Waals surface area (Å²) in [7, 11) is 0. The topological polar surface area (TPSA) is 3.24 Å². The van der Waals surface area contributed by atoms with Crippen LogP contribution in [0.4, 0.5) is 33.3 Å². The highest BCUT2D eigenvalue weighted by molar-refractivity contribution is 5.77.